The monoisotopic (exact) mass is 131 g/mol. The Bertz CT molecular complexity index is 209. The first kappa shape index (κ1) is 7.07. The summed E-state index contributed by atoms with van der Waals surface area (Å²) in [7, 11) is 0. The van der Waals surface area contributed by atoms with Crippen molar-refractivity contribution in [1.29, 1.82) is 0 Å². The van der Waals surface area contributed by atoms with Crippen molar-refractivity contribution in [3.05, 3.63) is 49.4 Å². The minimum atomic E-state index is 0.782. The number of allylic oxidation sites excluding steroid dienone is 1. The summed E-state index contributed by atoms with van der Waals surface area (Å²) >= 11 is 0. The van der Waals surface area contributed by atoms with E-state index in [1.807, 2.05) is 30.3 Å². The van der Waals surface area contributed by atoms with Gasteiger partial charge in [-0.3, -0.25) is 0 Å². The van der Waals surface area contributed by atoms with Gasteiger partial charge in [0.2, 0.25) is 0 Å². The van der Waals surface area contributed by atoms with Gasteiger partial charge < -0.3 is 0 Å². The molecule has 0 fully saturated rings. The van der Waals surface area contributed by atoms with Crippen molar-refractivity contribution in [3.8, 4) is 0 Å². The van der Waals surface area contributed by atoms with E-state index in [9.17, 15) is 0 Å². The number of benzene rings is 1. The Morgan fingerprint density at radius 3 is 2.30 bits per heavy atom. The summed E-state index contributed by atoms with van der Waals surface area (Å²) in [5.41, 5.74) is 2.29. The summed E-state index contributed by atoms with van der Waals surface area (Å²) in [5, 5.41) is 0. The Labute approximate surface area is 62.2 Å². The van der Waals surface area contributed by atoms with Crippen LogP contribution in [0.15, 0.2) is 36.9 Å². The molecule has 0 aromatic heterocycles. The molecule has 0 saturated carbocycles. The molecule has 0 saturated heterocycles. The second-order valence-electron chi connectivity index (χ2n) is 2.22. The van der Waals surface area contributed by atoms with Crippen LogP contribution in [0.1, 0.15) is 12.0 Å². The van der Waals surface area contributed by atoms with Crippen LogP contribution in [-0.2, 0) is 0 Å². The van der Waals surface area contributed by atoms with Gasteiger partial charge in [-0.1, -0.05) is 36.9 Å². The van der Waals surface area contributed by atoms with Gasteiger partial charge in [0.15, 0.2) is 0 Å². The van der Waals surface area contributed by atoms with Gasteiger partial charge in [0.05, 0.1) is 0 Å². The maximum Gasteiger partial charge on any atom is -0.0230 e. The van der Waals surface area contributed by atoms with Crippen LogP contribution in [0, 0.1) is 6.92 Å². The van der Waals surface area contributed by atoms with Crippen LogP contribution in [-0.4, -0.2) is 0 Å². The lowest BCUT2D eigenvalue weighted by Crippen LogP contribution is -1.77. The third-order valence-electron chi connectivity index (χ3n) is 1.48. The fourth-order valence-corrected chi connectivity index (χ4v) is 0.818. The fraction of sp³-hybridized carbons (Fsp3) is 0.100. The van der Waals surface area contributed by atoms with Crippen LogP contribution in [0.4, 0.5) is 0 Å². The third-order valence-corrected chi connectivity index (χ3v) is 1.48. The van der Waals surface area contributed by atoms with E-state index in [0.717, 1.165) is 12.0 Å². The minimum absolute atomic E-state index is 0.782. The first-order valence-electron chi connectivity index (χ1n) is 3.37. The average Bonchev–Trinajstić information content (AvgIpc) is 2.05. The van der Waals surface area contributed by atoms with E-state index < -0.39 is 0 Å². The van der Waals surface area contributed by atoms with E-state index in [4.69, 9.17) is 0 Å². The van der Waals surface area contributed by atoms with Gasteiger partial charge in [-0.05, 0) is 24.5 Å². The molecule has 1 aromatic rings. The largest absolute Gasteiger partial charge is 0.0952 e. The lowest BCUT2D eigenvalue weighted by atomic mass is 10.1. The molecule has 10 heavy (non-hydrogen) atoms. The highest BCUT2D eigenvalue weighted by atomic mass is 14.0. The van der Waals surface area contributed by atoms with Crippen LogP contribution in [0.5, 0.6) is 0 Å². The molecule has 0 unspecified atom stereocenters. The number of hydrogen-bond donors (Lipinski definition) is 0. The summed E-state index contributed by atoms with van der Waals surface area (Å²) in [4.78, 5) is 0. The normalized spacial score (nSPS) is 9.30. The summed E-state index contributed by atoms with van der Waals surface area (Å²) in [6, 6.07) is 10.1. The Morgan fingerprint density at radius 2 is 1.80 bits per heavy atom. The van der Waals surface area contributed by atoms with E-state index in [0.29, 0.717) is 0 Å². The highest BCUT2D eigenvalue weighted by Gasteiger charge is 1.91. The van der Waals surface area contributed by atoms with E-state index >= 15 is 0 Å². The molecule has 0 aliphatic carbocycles. The molecule has 0 heteroatoms. The van der Waals surface area contributed by atoms with Crippen molar-refractivity contribution in [2.75, 3.05) is 0 Å². The molecule has 0 nitrogen and oxygen atoms in total. The lowest BCUT2D eigenvalue weighted by molar-refractivity contribution is 1.41. The predicted octanol–water partition coefficient (Wildman–Crippen LogP) is 2.92. The second kappa shape index (κ2) is 3.21. The SMILES string of the molecule is [CH2]CC(=C)c1ccccc1. The molecule has 1 rings (SSSR count). The van der Waals surface area contributed by atoms with E-state index in [1.165, 1.54) is 5.56 Å². The summed E-state index contributed by atoms with van der Waals surface area (Å²) in [5.74, 6) is 0. The topological polar surface area (TPSA) is 0 Å². The van der Waals surface area contributed by atoms with Gasteiger partial charge in [0.25, 0.3) is 0 Å². The van der Waals surface area contributed by atoms with Gasteiger partial charge in [-0.15, -0.1) is 0 Å². The molecule has 51 valence electrons. The highest BCUT2D eigenvalue weighted by molar-refractivity contribution is 5.63. The zero-order valence-corrected chi connectivity index (χ0v) is 6.01. The molecule has 0 aliphatic rings. The van der Waals surface area contributed by atoms with Crippen molar-refractivity contribution in [2.45, 2.75) is 6.42 Å². The Morgan fingerprint density at radius 1 is 1.20 bits per heavy atom. The van der Waals surface area contributed by atoms with E-state index in [-0.39, 0.29) is 0 Å². The summed E-state index contributed by atoms with van der Waals surface area (Å²) in [6.45, 7) is 7.64. The molecular weight excluding hydrogens is 120 g/mol. The first-order valence-corrected chi connectivity index (χ1v) is 3.37. The lowest BCUT2D eigenvalue weighted by Gasteiger charge is -1.99. The van der Waals surface area contributed by atoms with Gasteiger partial charge in [-0.25, -0.2) is 0 Å². The molecule has 1 radical (unpaired) electrons. The fourth-order valence-electron chi connectivity index (χ4n) is 0.818. The summed E-state index contributed by atoms with van der Waals surface area (Å²) < 4.78 is 0. The van der Waals surface area contributed by atoms with Crippen molar-refractivity contribution >= 4 is 5.57 Å². The Hall–Kier alpha value is -1.04. The maximum atomic E-state index is 3.88. The third kappa shape index (κ3) is 1.47. The molecule has 0 bridgehead atoms. The molecule has 0 aliphatic heterocycles. The number of hydrogen-bond acceptors (Lipinski definition) is 0. The van der Waals surface area contributed by atoms with Crippen LogP contribution >= 0.6 is 0 Å². The molecule has 0 atom stereocenters. The van der Waals surface area contributed by atoms with Gasteiger partial charge in [0, 0.05) is 0 Å². The van der Waals surface area contributed by atoms with Crippen LogP contribution in [0.3, 0.4) is 0 Å². The smallest absolute Gasteiger partial charge is 0.0230 e. The molecule has 0 spiro atoms. The summed E-state index contributed by atoms with van der Waals surface area (Å²) in [6.07, 6.45) is 0.782. The van der Waals surface area contributed by atoms with Gasteiger partial charge >= 0.3 is 0 Å². The Kier molecular flexibility index (Phi) is 2.27. The number of rotatable bonds is 2. The van der Waals surface area contributed by atoms with Crippen LogP contribution in [0.2, 0.25) is 0 Å². The second-order valence-corrected chi connectivity index (χ2v) is 2.22. The van der Waals surface area contributed by atoms with Crippen molar-refractivity contribution in [2.24, 2.45) is 0 Å². The van der Waals surface area contributed by atoms with Crippen molar-refractivity contribution < 1.29 is 0 Å². The average molecular weight is 131 g/mol. The molecule has 0 heterocycles. The molecule has 0 amide bonds. The van der Waals surface area contributed by atoms with E-state index in [1.54, 1.807) is 0 Å². The predicted molar refractivity (Wildman–Crippen MR) is 45.5 cm³/mol. The standard InChI is InChI=1S/C10H11/c1-3-9(2)10-7-5-4-6-8-10/h4-8H,1-3H2. The molecule has 1 aromatic carbocycles. The van der Waals surface area contributed by atoms with Crippen LogP contribution in [0.25, 0.3) is 5.57 Å². The zero-order valence-electron chi connectivity index (χ0n) is 6.01. The van der Waals surface area contributed by atoms with Crippen molar-refractivity contribution in [1.82, 2.24) is 0 Å². The maximum absolute atomic E-state index is 3.88. The van der Waals surface area contributed by atoms with Crippen LogP contribution < -0.4 is 0 Å². The minimum Gasteiger partial charge on any atom is -0.0952 e. The van der Waals surface area contributed by atoms with Gasteiger partial charge in [0.1, 0.15) is 0 Å². The zero-order chi connectivity index (χ0) is 7.40. The quantitative estimate of drug-likeness (QED) is 0.579. The molecular formula is C10H11. The first-order chi connectivity index (χ1) is 4.84. The highest BCUT2D eigenvalue weighted by Crippen LogP contribution is 2.13. The van der Waals surface area contributed by atoms with Crippen molar-refractivity contribution in [3.63, 3.8) is 0 Å². The van der Waals surface area contributed by atoms with E-state index in [2.05, 4.69) is 13.5 Å². The molecule has 0 N–H and O–H groups in total. The van der Waals surface area contributed by atoms with Gasteiger partial charge in [-0.2, -0.15) is 0 Å². The Balaban J connectivity index is 2.85.